The van der Waals surface area contributed by atoms with Crippen LogP contribution < -0.4 is 11.2 Å². The summed E-state index contributed by atoms with van der Waals surface area (Å²) in [6.45, 7) is 0.766. The number of nitrogen functional groups attached to an aromatic ring is 1. The predicted molar refractivity (Wildman–Crippen MR) is 113 cm³/mol. The van der Waals surface area contributed by atoms with E-state index in [1.807, 2.05) is 36.5 Å². The molecule has 0 aliphatic rings. The van der Waals surface area contributed by atoms with Gasteiger partial charge >= 0.3 is 0 Å². The van der Waals surface area contributed by atoms with Crippen LogP contribution in [0, 0.1) is 0 Å². The van der Waals surface area contributed by atoms with Crippen LogP contribution in [0.3, 0.4) is 0 Å². The summed E-state index contributed by atoms with van der Waals surface area (Å²) in [7, 11) is 0. The summed E-state index contributed by atoms with van der Waals surface area (Å²) >= 11 is 0. The number of nitrogens with two attached hydrogens (primary N) is 1. The van der Waals surface area contributed by atoms with Crippen molar-refractivity contribution in [2.24, 2.45) is 5.10 Å². The number of fused-ring (bicyclic) bond motifs is 1. The number of amides is 1. The van der Waals surface area contributed by atoms with Gasteiger partial charge in [0.25, 0.3) is 5.91 Å². The molecule has 4 rings (SSSR count). The Labute approximate surface area is 163 Å². The monoisotopic (exact) mass is 368 g/mol. The third kappa shape index (κ3) is 3.64. The number of hydrazone groups is 1. The van der Waals surface area contributed by atoms with Crippen molar-refractivity contribution in [3.8, 4) is 0 Å². The van der Waals surface area contributed by atoms with Gasteiger partial charge in [-0.25, -0.2) is 5.43 Å². The highest BCUT2D eigenvalue weighted by Crippen LogP contribution is 2.21. The minimum atomic E-state index is -0.331. The number of nitrogens with one attached hydrogen (secondary N) is 1. The fourth-order valence-corrected chi connectivity index (χ4v) is 3.21. The predicted octanol–water partition coefficient (Wildman–Crippen LogP) is 4.04. The fraction of sp³-hybridized carbons (Fsp3) is 0.0435. The summed E-state index contributed by atoms with van der Waals surface area (Å²) in [5, 5.41) is 5.22. The van der Waals surface area contributed by atoms with E-state index in [1.165, 1.54) is 5.56 Å². The summed E-state index contributed by atoms with van der Waals surface area (Å²) in [6, 6.07) is 25.4. The quantitative estimate of drug-likeness (QED) is 0.317. The van der Waals surface area contributed by atoms with Gasteiger partial charge in [-0.05, 0) is 23.8 Å². The zero-order chi connectivity index (χ0) is 19.3. The Balaban J connectivity index is 1.58. The molecule has 0 spiro atoms. The molecule has 0 fully saturated rings. The smallest absolute Gasteiger partial charge is 0.273 e. The summed E-state index contributed by atoms with van der Waals surface area (Å²) < 4.78 is 2.18. The van der Waals surface area contributed by atoms with E-state index >= 15 is 0 Å². The van der Waals surface area contributed by atoms with Gasteiger partial charge in [-0.2, -0.15) is 5.10 Å². The van der Waals surface area contributed by atoms with Crippen LogP contribution in [0.1, 0.15) is 21.5 Å². The van der Waals surface area contributed by atoms with Crippen molar-refractivity contribution in [1.29, 1.82) is 0 Å². The molecule has 0 saturated carbocycles. The molecule has 1 heterocycles. The molecule has 1 aromatic heterocycles. The number of aromatic nitrogens is 1. The summed E-state index contributed by atoms with van der Waals surface area (Å²) in [4.78, 5) is 12.3. The van der Waals surface area contributed by atoms with E-state index in [0.29, 0.717) is 11.3 Å². The average Bonchev–Trinajstić information content (AvgIpc) is 3.07. The number of benzene rings is 3. The Bertz CT molecular complexity index is 1150. The Morgan fingerprint density at radius 2 is 1.68 bits per heavy atom. The highest BCUT2D eigenvalue weighted by Gasteiger charge is 2.09. The maximum Gasteiger partial charge on any atom is 0.273 e. The fourth-order valence-electron chi connectivity index (χ4n) is 3.21. The molecule has 28 heavy (non-hydrogen) atoms. The summed E-state index contributed by atoms with van der Waals surface area (Å²) in [6.07, 6.45) is 3.71. The zero-order valence-corrected chi connectivity index (χ0v) is 15.2. The molecular formula is C23H20N4O. The minimum absolute atomic E-state index is 0.331. The second kappa shape index (κ2) is 7.80. The molecule has 0 aliphatic carbocycles. The van der Waals surface area contributed by atoms with Gasteiger partial charge < -0.3 is 10.3 Å². The van der Waals surface area contributed by atoms with Crippen LogP contribution in [0.25, 0.3) is 10.9 Å². The van der Waals surface area contributed by atoms with Gasteiger partial charge in [-0.1, -0.05) is 60.7 Å². The van der Waals surface area contributed by atoms with Crippen LogP contribution >= 0.6 is 0 Å². The SMILES string of the molecule is Nc1ccccc1C(=O)N/N=C\c1cn(Cc2ccccc2)c2ccccc12. The Kier molecular flexibility index (Phi) is 4.89. The second-order valence-electron chi connectivity index (χ2n) is 6.50. The van der Waals surface area contributed by atoms with Gasteiger partial charge in [0, 0.05) is 34.9 Å². The number of anilines is 1. The number of para-hydroxylation sites is 2. The van der Waals surface area contributed by atoms with E-state index in [4.69, 9.17) is 5.73 Å². The third-order valence-corrected chi connectivity index (χ3v) is 4.59. The number of nitrogens with zero attached hydrogens (tertiary/aromatic N) is 2. The van der Waals surface area contributed by atoms with Crippen LogP contribution in [-0.4, -0.2) is 16.7 Å². The average molecular weight is 368 g/mol. The van der Waals surface area contributed by atoms with E-state index in [-0.39, 0.29) is 5.91 Å². The number of rotatable bonds is 5. The Morgan fingerprint density at radius 1 is 0.964 bits per heavy atom. The molecule has 3 N–H and O–H groups in total. The zero-order valence-electron chi connectivity index (χ0n) is 15.2. The molecule has 0 radical (unpaired) electrons. The van der Waals surface area contributed by atoms with Crippen LogP contribution in [0.5, 0.6) is 0 Å². The van der Waals surface area contributed by atoms with Gasteiger partial charge in [0.2, 0.25) is 0 Å². The van der Waals surface area contributed by atoms with Crippen molar-refractivity contribution < 1.29 is 4.79 Å². The third-order valence-electron chi connectivity index (χ3n) is 4.59. The van der Waals surface area contributed by atoms with Gasteiger partial charge in [-0.3, -0.25) is 4.79 Å². The summed E-state index contributed by atoms with van der Waals surface area (Å²) in [5.74, 6) is -0.331. The van der Waals surface area contributed by atoms with Crippen LogP contribution in [-0.2, 0) is 6.54 Å². The van der Waals surface area contributed by atoms with E-state index in [2.05, 4.69) is 39.4 Å². The highest BCUT2D eigenvalue weighted by molar-refractivity contribution is 6.02. The standard InChI is InChI=1S/C23H20N4O/c24-21-12-6-4-11-20(21)23(28)26-25-14-18-16-27(15-17-8-2-1-3-9-17)22-13-7-5-10-19(18)22/h1-14,16H,15,24H2,(H,26,28)/b25-14-. The molecule has 3 aromatic carbocycles. The molecule has 4 aromatic rings. The first kappa shape index (κ1) is 17.5. The number of hydrogen-bond donors (Lipinski definition) is 2. The first-order valence-electron chi connectivity index (χ1n) is 9.02. The number of carbonyl (C=O) groups excluding carboxylic acids is 1. The lowest BCUT2D eigenvalue weighted by Gasteiger charge is -2.05. The van der Waals surface area contributed by atoms with Crippen LogP contribution in [0.15, 0.2) is 90.2 Å². The highest BCUT2D eigenvalue weighted by atomic mass is 16.2. The lowest BCUT2D eigenvalue weighted by molar-refractivity contribution is 0.0956. The van der Waals surface area contributed by atoms with E-state index in [1.54, 1.807) is 30.5 Å². The molecular weight excluding hydrogens is 348 g/mol. The Morgan fingerprint density at radius 3 is 2.50 bits per heavy atom. The van der Waals surface area contributed by atoms with E-state index < -0.39 is 0 Å². The van der Waals surface area contributed by atoms with Crippen molar-refractivity contribution in [1.82, 2.24) is 9.99 Å². The van der Waals surface area contributed by atoms with Gasteiger partial charge in [0.15, 0.2) is 0 Å². The van der Waals surface area contributed by atoms with Crippen molar-refractivity contribution in [3.63, 3.8) is 0 Å². The molecule has 0 bridgehead atoms. The largest absolute Gasteiger partial charge is 0.398 e. The molecule has 138 valence electrons. The lowest BCUT2D eigenvalue weighted by Crippen LogP contribution is -2.18. The van der Waals surface area contributed by atoms with Crippen LogP contribution in [0.2, 0.25) is 0 Å². The van der Waals surface area contributed by atoms with Gasteiger partial charge in [0.1, 0.15) is 0 Å². The van der Waals surface area contributed by atoms with Crippen molar-refractivity contribution in [3.05, 3.63) is 102 Å². The summed E-state index contributed by atoms with van der Waals surface area (Å²) in [5.41, 5.74) is 12.5. The topological polar surface area (TPSA) is 72.4 Å². The van der Waals surface area contributed by atoms with E-state index in [9.17, 15) is 4.79 Å². The van der Waals surface area contributed by atoms with Crippen LogP contribution in [0.4, 0.5) is 5.69 Å². The Hall–Kier alpha value is -3.86. The first-order valence-corrected chi connectivity index (χ1v) is 9.02. The molecule has 1 amide bonds. The van der Waals surface area contributed by atoms with Crippen molar-refractivity contribution in [2.75, 3.05) is 5.73 Å². The normalized spacial score (nSPS) is 11.1. The number of hydrogen-bond acceptors (Lipinski definition) is 3. The lowest BCUT2D eigenvalue weighted by atomic mass is 10.2. The van der Waals surface area contributed by atoms with Crippen molar-refractivity contribution in [2.45, 2.75) is 6.54 Å². The molecule has 0 saturated heterocycles. The van der Waals surface area contributed by atoms with Gasteiger partial charge in [0.05, 0.1) is 11.8 Å². The first-order chi connectivity index (χ1) is 13.7. The maximum atomic E-state index is 12.3. The molecule has 0 aliphatic heterocycles. The van der Waals surface area contributed by atoms with Crippen molar-refractivity contribution >= 4 is 28.7 Å². The molecule has 0 unspecified atom stereocenters. The number of carbonyl (C=O) groups is 1. The maximum absolute atomic E-state index is 12.3. The van der Waals surface area contributed by atoms with E-state index in [0.717, 1.165) is 23.0 Å². The minimum Gasteiger partial charge on any atom is -0.398 e. The second-order valence-corrected chi connectivity index (χ2v) is 6.50. The molecule has 0 atom stereocenters. The molecule has 5 nitrogen and oxygen atoms in total. The van der Waals surface area contributed by atoms with Gasteiger partial charge in [-0.15, -0.1) is 0 Å². The molecule has 5 heteroatoms.